The molecule has 68 valence electrons. The lowest BCUT2D eigenvalue weighted by molar-refractivity contribution is -0.127. The molecule has 0 rings (SSSR count). The molecule has 0 aromatic carbocycles. The van der Waals surface area contributed by atoms with Crippen molar-refractivity contribution in [2.24, 2.45) is 11.1 Å². The standard InChI is InChI=1S/C10H17NO/c1-4-7-9(12)10(5-2,6-3)8-11/h1H,5-8,11H2,2-3H3. The van der Waals surface area contributed by atoms with Crippen LogP contribution in [-0.4, -0.2) is 12.3 Å². The molecule has 0 unspecified atom stereocenters. The second-order valence-corrected chi connectivity index (χ2v) is 3.00. The lowest BCUT2D eigenvalue weighted by Gasteiger charge is -2.27. The molecule has 0 spiro atoms. The van der Waals surface area contributed by atoms with Crippen LogP contribution in [0.5, 0.6) is 0 Å². The number of hydrogen-bond donors (Lipinski definition) is 1. The van der Waals surface area contributed by atoms with E-state index in [1.54, 1.807) is 0 Å². The normalized spacial score (nSPS) is 10.8. The Balaban J connectivity index is 4.49. The zero-order chi connectivity index (χ0) is 9.61. The molecule has 0 saturated carbocycles. The van der Waals surface area contributed by atoms with E-state index in [1.165, 1.54) is 0 Å². The fourth-order valence-electron chi connectivity index (χ4n) is 1.33. The van der Waals surface area contributed by atoms with Crippen molar-refractivity contribution in [3.8, 4) is 12.3 Å². The molecule has 2 N–H and O–H groups in total. The molecule has 2 nitrogen and oxygen atoms in total. The first-order valence-electron chi connectivity index (χ1n) is 4.33. The SMILES string of the molecule is C#CCC(=O)C(CC)(CC)CN. The van der Waals surface area contributed by atoms with Crippen LogP contribution in [0.15, 0.2) is 0 Å². The van der Waals surface area contributed by atoms with Crippen molar-refractivity contribution in [3.63, 3.8) is 0 Å². The molecule has 0 aliphatic rings. The summed E-state index contributed by atoms with van der Waals surface area (Å²) in [5, 5.41) is 0. The van der Waals surface area contributed by atoms with Gasteiger partial charge < -0.3 is 5.73 Å². The van der Waals surface area contributed by atoms with Gasteiger partial charge in [0.1, 0.15) is 0 Å². The summed E-state index contributed by atoms with van der Waals surface area (Å²) in [5.41, 5.74) is 5.20. The number of hydrogen-bond acceptors (Lipinski definition) is 2. The highest BCUT2D eigenvalue weighted by Gasteiger charge is 2.31. The van der Waals surface area contributed by atoms with Crippen molar-refractivity contribution < 1.29 is 4.79 Å². The maximum absolute atomic E-state index is 11.5. The predicted octanol–water partition coefficient (Wildman–Crippen LogP) is 1.34. The second-order valence-electron chi connectivity index (χ2n) is 3.00. The van der Waals surface area contributed by atoms with E-state index in [4.69, 9.17) is 12.2 Å². The van der Waals surface area contributed by atoms with Gasteiger partial charge in [-0.05, 0) is 12.8 Å². The van der Waals surface area contributed by atoms with Crippen LogP contribution in [-0.2, 0) is 4.79 Å². The summed E-state index contributed by atoms with van der Waals surface area (Å²) < 4.78 is 0. The van der Waals surface area contributed by atoms with Gasteiger partial charge in [0.25, 0.3) is 0 Å². The van der Waals surface area contributed by atoms with Gasteiger partial charge in [-0.2, -0.15) is 0 Å². The lowest BCUT2D eigenvalue weighted by atomic mass is 9.77. The molecular formula is C10H17NO. The van der Waals surface area contributed by atoms with E-state index >= 15 is 0 Å². The van der Waals surface area contributed by atoms with Crippen LogP contribution < -0.4 is 5.73 Å². The third-order valence-electron chi connectivity index (χ3n) is 2.60. The summed E-state index contributed by atoms with van der Waals surface area (Å²) in [6.07, 6.45) is 6.84. The first-order valence-corrected chi connectivity index (χ1v) is 4.33. The minimum atomic E-state index is -0.369. The van der Waals surface area contributed by atoms with E-state index < -0.39 is 0 Å². The van der Waals surface area contributed by atoms with Crippen LogP contribution in [0.2, 0.25) is 0 Å². The number of carbonyl (C=O) groups excluding carboxylic acids is 1. The van der Waals surface area contributed by atoms with Crippen LogP contribution in [0, 0.1) is 17.8 Å². The van der Waals surface area contributed by atoms with Gasteiger partial charge in [0.05, 0.1) is 6.42 Å². The van der Waals surface area contributed by atoms with Gasteiger partial charge in [-0.25, -0.2) is 0 Å². The molecule has 0 atom stereocenters. The van der Waals surface area contributed by atoms with Gasteiger partial charge >= 0.3 is 0 Å². The van der Waals surface area contributed by atoms with E-state index in [2.05, 4.69) is 5.92 Å². The van der Waals surface area contributed by atoms with Gasteiger partial charge in [-0.1, -0.05) is 19.8 Å². The van der Waals surface area contributed by atoms with E-state index in [1.807, 2.05) is 13.8 Å². The molecule has 0 aromatic rings. The third kappa shape index (κ3) is 2.09. The van der Waals surface area contributed by atoms with Crippen molar-refractivity contribution in [1.29, 1.82) is 0 Å². The molecule has 0 aliphatic heterocycles. The Labute approximate surface area is 74.5 Å². The maximum Gasteiger partial charge on any atom is 0.152 e. The minimum absolute atomic E-state index is 0.109. The molecule has 0 aliphatic carbocycles. The van der Waals surface area contributed by atoms with Crippen LogP contribution in [0.3, 0.4) is 0 Å². The monoisotopic (exact) mass is 167 g/mol. The molecule has 0 heterocycles. The average molecular weight is 167 g/mol. The van der Waals surface area contributed by atoms with Crippen LogP contribution in [0.4, 0.5) is 0 Å². The van der Waals surface area contributed by atoms with Crippen molar-refractivity contribution in [3.05, 3.63) is 0 Å². The quantitative estimate of drug-likeness (QED) is 0.628. The highest BCUT2D eigenvalue weighted by Crippen LogP contribution is 2.27. The minimum Gasteiger partial charge on any atom is -0.329 e. The van der Waals surface area contributed by atoms with Gasteiger partial charge in [0, 0.05) is 12.0 Å². The Bertz CT molecular complexity index is 178. The molecule has 0 aromatic heterocycles. The van der Waals surface area contributed by atoms with Crippen molar-refractivity contribution >= 4 is 5.78 Å². The summed E-state index contributed by atoms with van der Waals surface area (Å²) in [6.45, 7) is 4.36. The van der Waals surface area contributed by atoms with Crippen LogP contribution in [0.1, 0.15) is 33.1 Å². The molecular weight excluding hydrogens is 150 g/mol. The molecule has 12 heavy (non-hydrogen) atoms. The number of nitrogens with two attached hydrogens (primary N) is 1. The van der Waals surface area contributed by atoms with Crippen LogP contribution in [0.25, 0.3) is 0 Å². The van der Waals surface area contributed by atoms with Gasteiger partial charge in [-0.15, -0.1) is 6.42 Å². The Morgan fingerprint density at radius 1 is 1.50 bits per heavy atom. The van der Waals surface area contributed by atoms with Crippen molar-refractivity contribution in [2.75, 3.05) is 6.54 Å². The van der Waals surface area contributed by atoms with Gasteiger partial charge in [-0.3, -0.25) is 4.79 Å². The Morgan fingerprint density at radius 3 is 2.25 bits per heavy atom. The number of rotatable bonds is 5. The number of carbonyl (C=O) groups is 1. The van der Waals surface area contributed by atoms with E-state index in [-0.39, 0.29) is 17.6 Å². The first-order chi connectivity index (χ1) is 5.66. The predicted molar refractivity (Wildman–Crippen MR) is 50.5 cm³/mol. The molecule has 2 heteroatoms. The Hall–Kier alpha value is -0.810. The van der Waals surface area contributed by atoms with Crippen molar-refractivity contribution in [2.45, 2.75) is 33.1 Å². The molecule has 0 fully saturated rings. The van der Waals surface area contributed by atoms with E-state index in [9.17, 15) is 4.79 Å². The second kappa shape index (κ2) is 4.95. The number of terminal acetylenes is 1. The van der Waals surface area contributed by atoms with E-state index in [0.29, 0.717) is 6.54 Å². The molecule has 0 bridgehead atoms. The highest BCUT2D eigenvalue weighted by molar-refractivity contribution is 5.86. The molecule has 0 amide bonds. The zero-order valence-electron chi connectivity index (χ0n) is 7.89. The van der Waals surface area contributed by atoms with E-state index in [0.717, 1.165) is 12.8 Å². The highest BCUT2D eigenvalue weighted by atomic mass is 16.1. The van der Waals surface area contributed by atoms with Gasteiger partial charge in [0.15, 0.2) is 5.78 Å². The molecule has 0 saturated heterocycles. The lowest BCUT2D eigenvalue weighted by Crippen LogP contribution is -2.37. The Kier molecular flexibility index (Phi) is 4.61. The topological polar surface area (TPSA) is 43.1 Å². The largest absolute Gasteiger partial charge is 0.329 e. The zero-order valence-corrected chi connectivity index (χ0v) is 7.89. The average Bonchev–Trinajstić information content (AvgIpc) is 2.09. The summed E-state index contributed by atoms with van der Waals surface area (Å²) >= 11 is 0. The summed E-state index contributed by atoms with van der Waals surface area (Å²) in [6, 6.07) is 0. The Morgan fingerprint density at radius 2 is 2.00 bits per heavy atom. The first kappa shape index (κ1) is 11.2. The fourth-order valence-corrected chi connectivity index (χ4v) is 1.33. The maximum atomic E-state index is 11.5. The summed E-state index contributed by atoms with van der Waals surface area (Å²) in [5.74, 6) is 2.48. The summed E-state index contributed by atoms with van der Waals surface area (Å²) in [4.78, 5) is 11.5. The third-order valence-corrected chi connectivity index (χ3v) is 2.60. The number of Topliss-reactive ketones (excluding diaryl/α,β-unsaturated/α-hetero) is 1. The van der Waals surface area contributed by atoms with Gasteiger partial charge in [0.2, 0.25) is 0 Å². The smallest absolute Gasteiger partial charge is 0.152 e. The fraction of sp³-hybridized carbons (Fsp3) is 0.700. The van der Waals surface area contributed by atoms with Crippen LogP contribution >= 0.6 is 0 Å². The van der Waals surface area contributed by atoms with Crippen molar-refractivity contribution in [1.82, 2.24) is 0 Å². The number of ketones is 1. The molecule has 0 radical (unpaired) electrons. The summed E-state index contributed by atoms with van der Waals surface area (Å²) in [7, 11) is 0.